The molecule has 0 spiro atoms. The van der Waals surface area contributed by atoms with Gasteiger partial charge in [0.1, 0.15) is 10.0 Å². The molecule has 1 aromatic rings. The summed E-state index contributed by atoms with van der Waals surface area (Å²) in [7, 11) is -3.62. The van der Waals surface area contributed by atoms with Crippen LogP contribution in [-0.4, -0.2) is 25.5 Å². The fourth-order valence-corrected chi connectivity index (χ4v) is 2.70. The maximum Gasteiger partial charge on any atom is 0.242 e. The van der Waals surface area contributed by atoms with Gasteiger partial charge in [0.15, 0.2) is 0 Å². The number of halogens is 2. The van der Waals surface area contributed by atoms with Crippen molar-refractivity contribution in [2.24, 2.45) is 5.73 Å². The van der Waals surface area contributed by atoms with Crippen molar-refractivity contribution in [1.82, 2.24) is 9.71 Å². The summed E-state index contributed by atoms with van der Waals surface area (Å²) in [6.07, 6.45) is 1.23. The topological polar surface area (TPSA) is 85.1 Å². The summed E-state index contributed by atoms with van der Waals surface area (Å²) in [6, 6.07) is 1.48. The number of nitrogens with zero attached hydrogens (tertiary/aromatic N) is 1. The van der Waals surface area contributed by atoms with Crippen molar-refractivity contribution in [3.63, 3.8) is 0 Å². The van der Waals surface area contributed by atoms with Crippen LogP contribution in [0.2, 0.25) is 5.15 Å². The molecule has 1 heterocycles. The third kappa shape index (κ3) is 4.37. The summed E-state index contributed by atoms with van der Waals surface area (Å²) in [6.45, 7) is 5.32. The van der Waals surface area contributed by atoms with Crippen LogP contribution < -0.4 is 10.5 Å². The van der Waals surface area contributed by atoms with E-state index in [1.165, 1.54) is 12.3 Å². The van der Waals surface area contributed by atoms with Gasteiger partial charge in [-0.3, -0.25) is 0 Å². The van der Waals surface area contributed by atoms with E-state index in [-0.39, 0.29) is 23.8 Å². The first-order chi connectivity index (χ1) is 7.68. The number of hydrogen-bond acceptors (Lipinski definition) is 4. The van der Waals surface area contributed by atoms with Gasteiger partial charge >= 0.3 is 0 Å². The normalized spacial score (nSPS) is 12.1. The second-order valence-electron chi connectivity index (χ2n) is 4.47. The van der Waals surface area contributed by atoms with Crippen LogP contribution >= 0.6 is 24.0 Å². The van der Waals surface area contributed by atoms with E-state index in [1.807, 2.05) is 0 Å². The molecular formula is C10H17Cl2N3O2S. The molecule has 104 valence electrons. The Bertz CT molecular complexity index is 518. The number of pyridine rings is 1. The number of nitrogens with one attached hydrogen (secondary N) is 1. The number of nitrogens with two attached hydrogens (primary N) is 1. The van der Waals surface area contributed by atoms with Crippen molar-refractivity contribution in [3.05, 3.63) is 23.0 Å². The first-order valence-electron chi connectivity index (χ1n) is 5.04. The Morgan fingerprint density at radius 3 is 2.50 bits per heavy atom. The minimum absolute atomic E-state index is 0. The fraction of sp³-hybridized carbons (Fsp3) is 0.500. The zero-order chi connectivity index (χ0) is 13.3. The standard InChI is InChI=1S/C10H16ClN3O2S.ClH/c1-7-4-8(5-13-9(7)11)17(15,16)14-10(2,3)6-12;/h4-5,14H,6,12H2,1-3H3;1H. The maximum atomic E-state index is 12.0. The highest BCUT2D eigenvalue weighted by atomic mass is 35.5. The summed E-state index contributed by atoms with van der Waals surface area (Å²) in [4.78, 5) is 3.90. The van der Waals surface area contributed by atoms with Crippen LogP contribution in [0.15, 0.2) is 17.2 Å². The Labute approximate surface area is 119 Å². The van der Waals surface area contributed by atoms with Gasteiger partial charge in [-0.2, -0.15) is 0 Å². The van der Waals surface area contributed by atoms with Gasteiger partial charge in [0.05, 0.1) is 0 Å². The molecule has 0 atom stereocenters. The van der Waals surface area contributed by atoms with Crippen molar-refractivity contribution in [1.29, 1.82) is 0 Å². The third-order valence-electron chi connectivity index (χ3n) is 2.22. The highest BCUT2D eigenvalue weighted by molar-refractivity contribution is 7.89. The van der Waals surface area contributed by atoms with Gasteiger partial charge in [-0.15, -0.1) is 12.4 Å². The SMILES string of the molecule is Cc1cc(S(=O)(=O)NC(C)(C)CN)cnc1Cl.Cl. The van der Waals surface area contributed by atoms with Crippen LogP contribution in [-0.2, 0) is 10.0 Å². The third-order valence-corrected chi connectivity index (χ3v) is 4.28. The van der Waals surface area contributed by atoms with E-state index >= 15 is 0 Å². The van der Waals surface area contributed by atoms with Gasteiger partial charge in [-0.1, -0.05) is 11.6 Å². The molecular weight excluding hydrogens is 297 g/mol. The van der Waals surface area contributed by atoms with E-state index in [0.29, 0.717) is 10.7 Å². The summed E-state index contributed by atoms with van der Waals surface area (Å²) in [5, 5.41) is 0.294. The second kappa shape index (κ2) is 6.16. The number of aromatic nitrogens is 1. The van der Waals surface area contributed by atoms with Crippen molar-refractivity contribution >= 4 is 34.0 Å². The molecule has 0 fully saturated rings. The second-order valence-corrected chi connectivity index (χ2v) is 6.51. The largest absolute Gasteiger partial charge is 0.329 e. The van der Waals surface area contributed by atoms with Crippen molar-refractivity contribution in [2.45, 2.75) is 31.2 Å². The molecule has 0 saturated carbocycles. The lowest BCUT2D eigenvalue weighted by atomic mass is 10.1. The molecule has 0 bridgehead atoms. The van der Waals surface area contributed by atoms with E-state index in [0.717, 1.165) is 0 Å². The molecule has 0 amide bonds. The first-order valence-corrected chi connectivity index (χ1v) is 6.90. The Hall–Kier alpha value is -0.400. The Morgan fingerprint density at radius 1 is 1.50 bits per heavy atom. The Kier molecular flexibility index (Phi) is 6.03. The molecule has 0 unspecified atom stereocenters. The predicted octanol–water partition coefficient (Wildman–Crippen LogP) is 1.48. The zero-order valence-corrected chi connectivity index (χ0v) is 12.8. The average molecular weight is 314 g/mol. The highest BCUT2D eigenvalue weighted by Gasteiger charge is 2.25. The quantitative estimate of drug-likeness (QED) is 0.824. The van der Waals surface area contributed by atoms with Gasteiger partial charge in [-0.05, 0) is 32.4 Å². The first kappa shape index (κ1) is 17.6. The minimum Gasteiger partial charge on any atom is -0.329 e. The lowest BCUT2D eigenvalue weighted by molar-refractivity contribution is 0.462. The minimum atomic E-state index is -3.62. The molecule has 0 aliphatic heterocycles. The van der Waals surface area contributed by atoms with Gasteiger partial charge in [-0.25, -0.2) is 18.1 Å². The van der Waals surface area contributed by atoms with Crippen LogP contribution in [0.5, 0.6) is 0 Å². The lowest BCUT2D eigenvalue weighted by Crippen LogP contribution is -2.48. The molecule has 8 heteroatoms. The van der Waals surface area contributed by atoms with Crippen LogP contribution in [0.3, 0.4) is 0 Å². The molecule has 1 rings (SSSR count). The van der Waals surface area contributed by atoms with Crippen LogP contribution in [0.4, 0.5) is 0 Å². The number of hydrogen-bond donors (Lipinski definition) is 2. The molecule has 0 aliphatic rings. The van der Waals surface area contributed by atoms with Gasteiger partial charge in [0.25, 0.3) is 0 Å². The molecule has 18 heavy (non-hydrogen) atoms. The number of sulfonamides is 1. The monoisotopic (exact) mass is 313 g/mol. The van der Waals surface area contributed by atoms with Gasteiger partial charge in [0, 0.05) is 18.3 Å². The smallest absolute Gasteiger partial charge is 0.242 e. The van der Waals surface area contributed by atoms with E-state index in [2.05, 4.69) is 9.71 Å². The van der Waals surface area contributed by atoms with Crippen molar-refractivity contribution < 1.29 is 8.42 Å². The fourth-order valence-electron chi connectivity index (χ4n) is 1.14. The van der Waals surface area contributed by atoms with Gasteiger partial charge in [0.2, 0.25) is 10.0 Å². The van der Waals surface area contributed by atoms with E-state index in [1.54, 1.807) is 20.8 Å². The molecule has 0 radical (unpaired) electrons. The van der Waals surface area contributed by atoms with Crippen molar-refractivity contribution in [2.75, 3.05) is 6.54 Å². The molecule has 0 aliphatic carbocycles. The maximum absolute atomic E-state index is 12.0. The summed E-state index contributed by atoms with van der Waals surface area (Å²) >= 11 is 5.74. The van der Waals surface area contributed by atoms with E-state index < -0.39 is 15.6 Å². The molecule has 3 N–H and O–H groups in total. The molecule has 5 nitrogen and oxygen atoms in total. The highest BCUT2D eigenvalue weighted by Crippen LogP contribution is 2.17. The van der Waals surface area contributed by atoms with E-state index in [9.17, 15) is 8.42 Å². The van der Waals surface area contributed by atoms with Crippen molar-refractivity contribution in [3.8, 4) is 0 Å². The summed E-state index contributed by atoms with van der Waals surface area (Å²) in [5.74, 6) is 0. The van der Waals surface area contributed by atoms with E-state index in [4.69, 9.17) is 17.3 Å². The van der Waals surface area contributed by atoms with Gasteiger partial charge < -0.3 is 5.73 Å². The number of rotatable bonds is 4. The summed E-state index contributed by atoms with van der Waals surface area (Å²) in [5.41, 5.74) is 5.39. The van der Waals surface area contributed by atoms with Crippen LogP contribution in [0.25, 0.3) is 0 Å². The lowest BCUT2D eigenvalue weighted by Gasteiger charge is -2.23. The average Bonchev–Trinajstić information content (AvgIpc) is 2.20. The molecule has 1 aromatic heterocycles. The Balaban J connectivity index is 0.00000289. The van der Waals surface area contributed by atoms with Crippen LogP contribution in [0.1, 0.15) is 19.4 Å². The summed E-state index contributed by atoms with van der Waals surface area (Å²) < 4.78 is 26.6. The zero-order valence-electron chi connectivity index (χ0n) is 10.4. The molecule has 0 saturated heterocycles. The molecule has 0 aromatic carbocycles. The van der Waals surface area contributed by atoms with Crippen LogP contribution in [0, 0.1) is 6.92 Å². The number of aryl methyl sites for hydroxylation is 1. The Morgan fingerprint density at radius 2 is 2.06 bits per heavy atom. The predicted molar refractivity (Wildman–Crippen MR) is 74.7 cm³/mol.